The number of fused-ring (bicyclic) bond motifs is 2. The number of benzene rings is 3. The first-order valence-electron chi connectivity index (χ1n) is 11.6. The zero-order chi connectivity index (χ0) is 25.4. The Bertz CT molecular complexity index is 1460. The Balaban J connectivity index is 1.54. The standard InChI is InChI=1S/C29H23BrFNO4/c1-3-35-29(34)24-16(2)32-27-20-9-4-5-10-21(20)28(33)26(27)25(24)18-11-12-23(22(30)14-18)36-15-17-7-6-8-19(31)13-17/h4-14,25,32H,3,15H2,1-2H3/t25-/m1/s1. The predicted octanol–water partition coefficient (Wildman–Crippen LogP) is 6.30. The van der Waals surface area contributed by atoms with Crippen LogP contribution in [0.5, 0.6) is 5.75 Å². The van der Waals surface area contributed by atoms with Crippen molar-refractivity contribution in [3.8, 4) is 5.75 Å². The number of halogens is 2. The van der Waals surface area contributed by atoms with E-state index in [-0.39, 0.29) is 24.8 Å². The topological polar surface area (TPSA) is 64.6 Å². The highest BCUT2D eigenvalue weighted by molar-refractivity contribution is 9.10. The highest BCUT2D eigenvalue weighted by Crippen LogP contribution is 2.47. The van der Waals surface area contributed by atoms with E-state index in [9.17, 15) is 14.0 Å². The van der Waals surface area contributed by atoms with Crippen LogP contribution in [0.2, 0.25) is 0 Å². The molecular weight excluding hydrogens is 525 g/mol. The molecule has 1 heterocycles. The van der Waals surface area contributed by atoms with Gasteiger partial charge in [-0.15, -0.1) is 0 Å². The molecule has 182 valence electrons. The normalized spacial score (nSPS) is 16.4. The fourth-order valence-electron chi connectivity index (χ4n) is 4.74. The lowest BCUT2D eigenvalue weighted by Crippen LogP contribution is -2.29. The van der Waals surface area contributed by atoms with Crippen LogP contribution in [-0.4, -0.2) is 18.4 Å². The smallest absolute Gasteiger partial charge is 0.336 e. The molecule has 1 aliphatic carbocycles. The van der Waals surface area contributed by atoms with Crippen molar-refractivity contribution in [3.05, 3.63) is 116 Å². The van der Waals surface area contributed by atoms with Gasteiger partial charge in [0.1, 0.15) is 18.2 Å². The zero-order valence-corrected chi connectivity index (χ0v) is 21.3. The Morgan fingerprint density at radius 1 is 1.06 bits per heavy atom. The number of allylic oxidation sites excluding steroid dienone is 2. The third-order valence-electron chi connectivity index (χ3n) is 6.32. The van der Waals surface area contributed by atoms with Gasteiger partial charge in [-0.25, -0.2) is 9.18 Å². The number of hydrogen-bond donors (Lipinski definition) is 1. The molecule has 1 aliphatic heterocycles. The van der Waals surface area contributed by atoms with Gasteiger partial charge >= 0.3 is 5.97 Å². The van der Waals surface area contributed by atoms with E-state index in [4.69, 9.17) is 9.47 Å². The Labute approximate surface area is 216 Å². The molecule has 0 radical (unpaired) electrons. The number of nitrogens with one attached hydrogen (secondary N) is 1. The second-order valence-corrected chi connectivity index (χ2v) is 9.44. The van der Waals surface area contributed by atoms with Crippen LogP contribution in [0.4, 0.5) is 4.39 Å². The van der Waals surface area contributed by atoms with Crippen molar-refractivity contribution in [1.82, 2.24) is 5.32 Å². The van der Waals surface area contributed by atoms with Crippen LogP contribution >= 0.6 is 15.9 Å². The van der Waals surface area contributed by atoms with Crippen molar-refractivity contribution in [3.63, 3.8) is 0 Å². The van der Waals surface area contributed by atoms with Crippen molar-refractivity contribution in [2.24, 2.45) is 0 Å². The molecule has 0 saturated carbocycles. The SMILES string of the molecule is CCOC(=O)C1=C(C)NC2=C(C(=O)c3ccccc32)[C@@H]1c1ccc(OCc2cccc(F)c2)c(Br)c1. The highest BCUT2D eigenvalue weighted by Gasteiger charge is 2.43. The fraction of sp³-hybridized carbons (Fsp3) is 0.172. The first-order chi connectivity index (χ1) is 17.4. The van der Waals surface area contributed by atoms with Gasteiger partial charge in [-0.05, 0) is 65.2 Å². The van der Waals surface area contributed by atoms with Crippen molar-refractivity contribution in [2.75, 3.05) is 6.61 Å². The summed E-state index contributed by atoms with van der Waals surface area (Å²) in [4.78, 5) is 26.6. The molecule has 0 bridgehead atoms. The number of dihydropyridines is 1. The van der Waals surface area contributed by atoms with Gasteiger partial charge in [0.05, 0.1) is 22.3 Å². The molecular formula is C29H23BrFNO4. The minimum absolute atomic E-state index is 0.116. The van der Waals surface area contributed by atoms with E-state index in [1.807, 2.05) is 37.3 Å². The maximum atomic E-state index is 13.5. The second kappa shape index (κ2) is 9.74. The molecule has 3 aromatic carbocycles. The lowest BCUT2D eigenvalue weighted by Gasteiger charge is -2.29. The summed E-state index contributed by atoms with van der Waals surface area (Å²) in [6.07, 6.45) is 0. The largest absolute Gasteiger partial charge is 0.488 e. The van der Waals surface area contributed by atoms with Gasteiger partial charge in [0.15, 0.2) is 5.78 Å². The molecule has 3 aromatic rings. The first-order valence-corrected chi connectivity index (χ1v) is 12.4. The molecule has 1 N–H and O–H groups in total. The molecule has 0 aromatic heterocycles. The average molecular weight is 548 g/mol. The Kier molecular flexibility index (Phi) is 6.49. The van der Waals surface area contributed by atoms with Gasteiger partial charge in [0.2, 0.25) is 0 Å². The number of carbonyl (C=O) groups is 2. The molecule has 1 atom stereocenters. The van der Waals surface area contributed by atoms with E-state index < -0.39 is 11.9 Å². The number of esters is 1. The predicted molar refractivity (Wildman–Crippen MR) is 138 cm³/mol. The molecule has 2 aliphatic rings. The second-order valence-electron chi connectivity index (χ2n) is 8.59. The highest BCUT2D eigenvalue weighted by atomic mass is 79.9. The van der Waals surface area contributed by atoms with Crippen molar-refractivity contribution >= 4 is 33.4 Å². The van der Waals surface area contributed by atoms with Crippen LogP contribution in [0, 0.1) is 5.82 Å². The molecule has 0 amide bonds. The lowest BCUT2D eigenvalue weighted by atomic mass is 9.80. The first kappa shape index (κ1) is 24.0. The summed E-state index contributed by atoms with van der Waals surface area (Å²) in [5, 5.41) is 3.29. The summed E-state index contributed by atoms with van der Waals surface area (Å²) in [6.45, 7) is 3.99. The molecule has 0 saturated heterocycles. The lowest BCUT2D eigenvalue weighted by molar-refractivity contribution is -0.138. The summed E-state index contributed by atoms with van der Waals surface area (Å²) in [7, 11) is 0. The fourth-order valence-corrected chi connectivity index (χ4v) is 5.25. The van der Waals surface area contributed by atoms with Gasteiger partial charge in [0, 0.05) is 28.3 Å². The number of carbonyl (C=O) groups excluding carboxylic acids is 2. The van der Waals surface area contributed by atoms with E-state index >= 15 is 0 Å². The van der Waals surface area contributed by atoms with E-state index in [1.54, 1.807) is 31.2 Å². The maximum Gasteiger partial charge on any atom is 0.336 e. The van der Waals surface area contributed by atoms with E-state index in [0.717, 1.165) is 11.1 Å². The zero-order valence-electron chi connectivity index (χ0n) is 19.7. The quantitative estimate of drug-likeness (QED) is 0.367. The summed E-state index contributed by atoms with van der Waals surface area (Å²) >= 11 is 3.57. The molecule has 0 unspecified atom stereocenters. The summed E-state index contributed by atoms with van der Waals surface area (Å²) in [6, 6.07) is 19.1. The van der Waals surface area contributed by atoms with Gasteiger partial charge < -0.3 is 14.8 Å². The van der Waals surface area contributed by atoms with Gasteiger partial charge in [0.25, 0.3) is 0 Å². The number of rotatable bonds is 6. The van der Waals surface area contributed by atoms with Gasteiger partial charge in [-0.3, -0.25) is 4.79 Å². The van der Waals surface area contributed by atoms with Crippen LogP contribution < -0.4 is 10.1 Å². The molecule has 5 nitrogen and oxygen atoms in total. The Morgan fingerprint density at radius 3 is 2.56 bits per heavy atom. The van der Waals surface area contributed by atoms with E-state index in [0.29, 0.717) is 43.9 Å². The number of hydrogen-bond acceptors (Lipinski definition) is 5. The van der Waals surface area contributed by atoms with E-state index in [1.165, 1.54) is 12.1 Å². The number of Topliss-reactive ketones (excluding diaryl/α,β-unsaturated/α-hetero) is 1. The maximum absolute atomic E-state index is 13.5. The van der Waals surface area contributed by atoms with Crippen LogP contribution in [0.3, 0.4) is 0 Å². The Morgan fingerprint density at radius 2 is 1.83 bits per heavy atom. The Hall–Kier alpha value is -3.71. The third-order valence-corrected chi connectivity index (χ3v) is 6.94. The third kappa shape index (κ3) is 4.24. The monoisotopic (exact) mass is 547 g/mol. The minimum Gasteiger partial charge on any atom is -0.488 e. The van der Waals surface area contributed by atoms with Gasteiger partial charge in [-0.2, -0.15) is 0 Å². The molecule has 7 heteroatoms. The van der Waals surface area contributed by atoms with Crippen molar-refractivity contribution < 1.29 is 23.5 Å². The molecule has 0 spiro atoms. The number of ketones is 1. The van der Waals surface area contributed by atoms with Crippen molar-refractivity contribution in [2.45, 2.75) is 26.4 Å². The molecule has 36 heavy (non-hydrogen) atoms. The molecule has 0 fully saturated rings. The van der Waals surface area contributed by atoms with Crippen LogP contribution in [0.1, 0.15) is 46.8 Å². The summed E-state index contributed by atoms with van der Waals surface area (Å²) in [5.74, 6) is -0.962. The van der Waals surface area contributed by atoms with Crippen LogP contribution in [0.15, 0.2) is 88.0 Å². The average Bonchev–Trinajstić information content (AvgIpc) is 3.14. The molecule has 5 rings (SSSR count). The van der Waals surface area contributed by atoms with Crippen molar-refractivity contribution in [1.29, 1.82) is 0 Å². The minimum atomic E-state index is -0.617. The summed E-state index contributed by atoms with van der Waals surface area (Å²) < 4.78 is 25.4. The summed E-state index contributed by atoms with van der Waals surface area (Å²) in [5.41, 5.74) is 5.15. The number of ether oxygens (including phenoxy) is 2. The van der Waals surface area contributed by atoms with Crippen LogP contribution in [-0.2, 0) is 16.1 Å². The van der Waals surface area contributed by atoms with Crippen LogP contribution in [0.25, 0.3) is 5.70 Å². The van der Waals surface area contributed by atoms with E-state index in [2.05, 4.69) is 21.2 Å². The van der Waals surface area contributed by atoms with Gasteiger partial charge in [-0.1, -0.05) is 42.5 Å².